The summed E-state index contributed by atoms with van der Waals surface area (Å²) < 4.78 is 23.5. The Bertz CT molecular complexity index is 1520. The average Bonchev–Trinajstić information content (AvgIpc) is 2.87. The number of rotatable bonds is 7. The van der Waals surface area contributed by atoms with Gasteiger partial charge in [0.2, 0.25) is 0 Å². The van der Waals surface area contributed by atoms with Gasteiger partial charge in [-0.15, -0.1) is 0 Å². The van der Waals surface area contributed by atoms with Gasteiger partial charge in [-0.05, 0) is 60.5 Å². The highest BCUT2D eigenvalue weighted by atomic mass is 32.2. The van der Waals surface area contributed by atoms with Crippen molar-refractivity contribution < 1.29 is 18.0 Å². The van der Waals surface area contributed by atoms with Crippen LogP contribution in [0.25, 0.3) is 11.3 Å². The number of aromatic nitrogens is 1. The summed E-state index contributed by atoms with van der Waals surface area (Å²) >= 11 is 0. The Hall–Kier alpha value is -4.30. The third-order valence-corrected chi connectivity index (χ3v) is 6.72. The number of nitrogens with zero attached hydrogens (tertiary/aromatic N) is 1. The van der Waals surface area contributed by atoms with Crippen LogP contribution < -0.4 is 10.6 Å². The Morgan fingerprint density at radius 1 is 0.861 bits per heavy atom. The number of pyridine rings is 1. The second-order valence-corrected chi connectivity index (χ2v) is 10.4. The molecule has 0 fully saturated rings. The van der Waals surface area contributed by atoms with E-state index in [2.05, 4.69) is 15.6 Å². The molecule has 0 spiro atoms. The second-order valence-electron chi connectivity index (χ2n) is 8.38. The quantitative estimate of drug-likeness (QED) is 0.385. The van der Waals surface area contributed by atoms with Gasteiger partial charge in [0, 0.05) is 35.8 Å². The summed E-state index contributed by atoms with van der Waals surface area (Å²) in [5.41, 5.74) is 4.40. The van der Waals surface area contributed by atoms with E-state index >= 15 is 0 Å². The Labute approximate surface area is 210 Å². The third-order valence-electron chi connectivity index (χ3n) is 5.61. The highest BCUT2D eigenvalue weighted by Crippen LogP contribution is 2.23. The highest BCUT2D eigenvalue weighted by molar-refractivity contribution is 7.90. The van der Waals surface area contributed by atoms with E-state index in [0.717, 1.165) is 17.4 Å². The molecule has 0 saturated carbocycles. The first-order valence-corrected chi connectivity index (χ1v) is 13.1. The Balaban J connectivity index is 1.44. The largest absolute Gasteiger partial charge is 0.348 e. The van der Waals surface area contributed by atoms with Crippen LogP contribution in [0.4, 0.5) is 5.69 Å². The molecule has 0 aliphatic heterocycles. The lowest BCUT2D eigenvalue weighted by molar-refractivity contribution is 0.0949. The number of carbonyl (C=O) groups is 2. The molecule has 1 aromatic heterocycles. The molecule has 2 N–H and O–H groups in total. The van der Waals surface area contributed by atoms with Gasteiger partial charge < -0.3 is 10.6 Å². The lowest BCUT2D eigenvalue weighted by Gasteiger charge is -2.10. The van der Waals surface area contributed by atoms with Crippen molar-refractivity contribution in [2.24, 2.45) is 0 Å². The van der Waals surface area contributed by atoms with Crippen LogP contribution in [0.1, 0.15) is 31.8 Å². The number of nitrogens with one attached hydrogen (secondary N) is 2. The molecule has 0 atom stereocenters. The van der Waals surface area contributed by atoms with Gasteiger partial charge in [0.25, 0.3) is 11.8 Å². The van der Waals surface area contributed by atoms with Crippen molar-refractivity contribution in [1.29, 1.82) is 0 Å². The molecule has 3 aromatic carbocycles. The van der Waals surface area contributed by atoms with Crippen molar-refractivity contribution in [2.45, 2.75) is 18.4 Å². The maximum absolute atomic E-state index is 12.8. The molecule has 0 saturated heterocycles. The predicted octanol–water partition coefficient (Wildman–Crippen LogP) is 4.64. The first-order chi connectivity index (χ1) is 17.2. The molecular formula is C28H25N3O4S. The Morgan fingerprint density at radius 2 is 1.64 bits per heavy atom. The average molecular weight is 500 g/mol. The number of aryl methyl sites for hydroxylation is 1. The second kappa shape index (κ2) is 10.5. The predicted molar refractivity (Wildman–Crippen MR) is 140 cm³/mol. The number of benzene rings is 3. The summed E-state index contributed by atoms with van der Waals surface area (Å²) in [7, 11) is -3.35. The van der Waals surface area contributed by atoms with E-state index in [9.17, 15) is 18.0 Å². The van der Waals surface area contributed by atoms with Crippen molar-refractivity contribution in [1.82, 2.24) is 10.3 Å². The van der Waals surface area contributed by atoms with E-state index < -0.39 is 9.84 Å². The molecule has 36 heavy (non-hydrogen) atoms. The van der Waals surface area contributed by atoms with Gasteiger partial charge >= 0.3 is 0 Å². The van der Waals surface area contributed by atoms with Crippen LogP contribution in [0, 0.1) is 6.92 Å². The van der Waals surface area contributed by atoms with Crippen molar-refractivity contribution >= 4 is 27.3 Å². The van der Waals surface area contributed by atoms with E-state index in [-0.39, 0.29) is 16.7 Å². The van der Waals surface area contributed by atoms with Gasteiger partial charge in [-0.3, -0.25) is 14.6 Å². The molecule has 1 heterocycles. The van der Waals surface area contributed by atoms with E-state index in [1.807, 2.05) is 36.4 Å². The van der Waals surface area contributed by atoms with Crippen LogP contribution in [0.5, 0.6) is 0 Å². The molecule has 0 aliphatic rings. The van der Waals surface area contributed by atoms with E-state index in [1.165, 1.54) is 24.4 Å². The topological polar surface area (TPSA) is 105 Å². The van der Waals surface area contributed by atoms with Gasteiger partial charge in [0.15, 0.2) is 9.84 Å². The molecular weight excluding hydrogens is 474 g/mol. The fraction of sp³-hybridized carbons (Fsp3) is 0.107. The Morgan fingerprint density at radius 3 is 2.31 bits per heavy atom. The van der Waals surface area contributed by atoms with Crippen LogP contribution in [-0.4, -0.2) is 31.5 Å². The molecule has 182 valence electrons. The van der Waals surface area contributed by atoms with Crippen LogP contribution in [0.2, 0.25) is 0 Å². The molecule has 4 rings (SSSR count). The summed E-state index contributed by atoms with van der Waals surface area (Å²) in [6, 6.07) is 24.7. The van der Waals surface area contributed by atoms with Gasteiger partial charge in [0.1, 0.15) is 0 Å². The molecule has 4 aromatic rings. The maximum Gasteiger partial charge on any atom is 0.255 e. The van der Waals surface area contributed by atoms with Gasteiger partial charge in [-0.1, -0.05) is 42.5 Å². The standard InChI is InChI=1S/C28H25N3O4S/c1-19-15-24(36(2,34)35)12-13-25(19)28(33)31-23-10-6-9-21(16-23)26-14-11-22(18-29-26)27(32)30-17-20-7-4-3-5-8-20/h3-16,18H,17H2,1-2H3,(H,30,32)(H,31,33). The van der Waals surface area contributed by atoms with E-state index in [4.69, 9.17) is 0 Å². The molecule has 0 unspecified atom stereocenters. The van der Waals surface area contributed by atoms with E-state index in [1.54, 1.807) is 37.3 Å². The molecule has 2 amide bonds. The van der Waals surface area contributed by atoms with E-state index in [0.29, 0.717) is 34.6 Å². The summed E-state index contributed by atoms with van der Waals surface area (Å²) in [6.07, 6.45) is 2.65. The highest BCUT2D eigenvalue weighted by Gasteiger charge is 2.14. The number of sulfone groups is 1. The number of anilines is 1. The number of amides is 2. The van der Waals surface area contributed by atoms with Crippen molar-refractivity contribution in [2.75, 3.05) is 11.6 Å². The minimum Gasteiger partial charge on any atom is -0.348 e. The summed E-state index contributed by atoms with van der Waals surface area (Å²) in [5.74, 6) is -0.556. The monoisotopic (exact) mass is 499 g/mol. The van der Waals surface area contributed by atoms with Crippen molar-refractivity contribution in [3.05, 3.63) is 113 Å². The maximum atomic E-state index is 12.8. The lowest BCUT2D eigenvalue weighted by Crippen LogP contribution is -2.22. The number of hydrogen-bond acceptors (Lipinski definition) is 5. The molecule has 0 aliphatic carbocycles. The third kappa shape index (κ3) is 6.03. The minimum absolute atomic E-state index is 0.168. The zero-order chi connectivity index (χ0) is 25.7. The van der Waals surface area contributed by atoms with Crippen molar-refractivity contribution in [3.63, 3.8) is 0 Å². The van der Waals surface area contributed by atoms with Gasteiger partial charge in [-0.25, -0.2) is 8.42 Å². The van der Waals surface area contributed by atoms with Crippen LogP contribution in [0.15, 0.2) is 96.0 Å². The summed E-state index contributed by atoms with van der Waals surface area (Å²) in [4.78, 5) is 29.8. The van der Waals surface area contributed by atoms with Crippen molar-refractivity contribution in [3.8, 4) is 11.3 Å². The van der Waals surface area contributed by atoms with Gasteiger partial charge in [0.05, 0.1) is 16.2 Å². The molecule has 0 bridgehead atoms. The lowest BCUT2D eigenvalue weighted by atomic mass is 10.1. The summed E-state index contributed by atoms with van der Waals surface area (Å²) in [6.45, 7) is 2.13. The van der Waals surface area contributed by atoms with Crippen LogP contribution in [-0.2, 0) is 16.4 Å². The summed E-state index contributed by atoms with van der Waals surface area (Å²) in [5, 5.41) is 5.73. The normalized spacial score (nSPS) is 11.1. The Kier molecular flexibility index (Phi) is 7.26. The van der Waals surface area contributed by atoms with Crippen LogP contribution >= 0.6 is 0 Å². The smallest absolute Gasteiger partial charge is 0.255 e. The first-order valence-electron chi connectivity index (χ1n) is 11.2. The minimum atomic E-state index is -3.35. The zero-order valence-electron chi connectivity index (χ0n) is 19.9. The first kappa shape index (κ1) is 24.8. The molecule has 8 heteroatoms. The molecule has 0 radical (unpaired) electrons. The van der Waals surface area contributed by atoms with Gasteiger partial charge in [-0.2, -0.15) is 0 Å². The number of hydrogen-bond donors (Lipinski definition) is 2. The molecule has 7 nitrogen and oxygen atoms in total. The fourth-order valence-corrected chi connectivity index (χ4v) is 4.36. The van der Waals surface area contributed by atoms with Crippen LogP contribution in [0.3, 0.4) is 0 Å². The number of carbonyl (C=O) groups excluding carboxylic acids is 2. The fourth-order valence-electron chi connectivity index (χ4n) is 3.66. The zero-order valence-corrected chi connectivity index (χ0v) is 20.7. The SMILES string of the molecule is Cc1cc(S(C)(=O)=O)ccc1C(=O)Nc1cccc(-c2ccc(C(=O)NCc3ccccc3)cn2)c1.